The maximum atomic E-state index is 11.7. The number of hydrogen-bond acceptors (Lipinski definition) is 4. The summed E-state index contributed by atoms with van der Waals surface area (Å²) in [4.78, 5) is 0. The van der Waals surface area contributed by atoms with Gasteiger partial charge in [-0.25, -0.2) is 8.42 Å². The third-order valence-electron chi connectivity index (χ3n) is 3.86. The highest BCUT2D eigenvalue weighted by molar-refractivity contribution is 7.91. The van der Waals surface area contributed by atoms with E-state index in [1.807, 2.05) is 24.3 Å². The molecule has 1 aliphatic rings. The lowest BCUT2D eigenvalue weighted by molar-refractivity contribution is 0.591. The Bertz CT molecular complexity index is 539. The van der Waals surface area contributed by atoms with E-state index in [4.69, 9.17) is 11.5 Å². The Kier molecular flexibility index (Phi) is 3.25. The fourth-order valence-corrected chi connectivity index (χ4v) is 4.62. The van der Waals surface area contributed by atoms with E-state index in [0.29, 0.717) is 0 Å². The molecule has 0 unspecified atom stereocenters. The highest BCUT2D eigenvalue weighted by Gasteiger charge is 2.67. The number of hydrogen-bond donors (Lipinski definition) is 2. The summed E-state index contributed by atoms with van der Waals surface area (Å²) in [5, 5.41) is -0.553. The molecule has 4 N–H and O–H groups in total. The lowest BCUT2D eigenvalue weighted by Crippen LogP contribution is -2.38. The van der Waals surface area contributed by atoms with Crippen molar-refractivity contribution in [2.24, 2.45) is 11.5 Å². The maximum absolute atomic E-state index is 11.7. The molecule has 0 aliphatic heterocycles. The largest absolute Gasteiger partial charge is 0.329 e. The summed E-state index contributed by atoms with van der Waals surface area (Å²) >= 11 is 0. The van der Waals surface area contributed by atoms with E-state index < -0.39 is 20.6 Å². The van der Waals surface area contributed by atoms with E-state index in [1.54, 1.807) is 0 Å². The standard InChI is InChI=1S/C13H20N2O2S/c1-3-9-4-6-10(7-5-9)11-12(18(2,16)17)13(11,15)8-14/h4-7,11-12H,3,8,14-15H2,1-2H3/t11-,12-,13-/m1/s1. The highest BCUT2D eigenvalue weighted by Crippen LogP contribution is 2.53. The van der Waals surface area contributed by atoms with Gasteiger partial charge in [0.05, 0.1) is 10.8 Å². The minimum absolute atomic E-state index is 0.177. The van der Waals surface area contributed by atoms with Crippen molar-refractivity contribution in [3.8, 4) is 0 Å². The first-order chi connectivity index (χ1) is 8.34. The van der Waals surface area contributed by atoms with E-state index in [1.165, 1.54) is 11.8 Å². The van der Waals surface area contributed by atoms with Crippen LogP contribution in [0, 0.1) is 0 Å². The zero-order chi connectivity index (χ0) is 13.6. The number of sulfone groups is 1. The van der Waals surface area contributed by atoms with Crippen molar-refractivity contribution in [3.63, 3.8) is 0 Å². The molecule has 0 amide bonds. The van der Waals surface area contributed by atoms with Crippen LogP contribution in [0.15, 0.2) is 24.3 Å². The van der Waals surface area contributed by atoms with Crippen LogP contribution < -0.4 is 11.5 Å². The van der Waals surface area contributed by atoms with Gasteiger partial charge in [-0.1, -0.05) is 31.2 Å². The van der Waals surface area contributed by atoms with Gasteiger partial charge in [0, 0.05) is 18.7 Å². The highest BCUT2D eigenvalue weighted by atomic mass is 32.2. The van der Waals surface area contributed by atoms with Crippen LogP contribution in [-0.2, 0) is 16.3 Å². The normalized spacial score (nSPS) is 31.3. The first-order valence-corrected chi connectivity index (χ1v) is 8.06. The molecule has 0 heterocycles. The summed E-state index contributed by atoms with van der Waals surface area (Å²) in [7, 11) is -3.17. The van der Waals surface area contributed by atoms with Crippen molar-refractivity contribution in [1.29, 1.82) is 0 Å². The molecule has 0 aromatic heterocycles. The fraction of sp³-hybridized carbons (Fsp3) is 0.538. The molecule has 2 rings (SSSR count). The summed E-state index contributed by atoms with van der Waals surface area (Å²) in [6, 6.07) is 7.96. The second-order valence-corrected chi connectivity index (χ2v) is 7.31. The average Bonchev–Trinajstić information content (AvgIpc) is 2.97. The summed E-state index contributed by atoms with van der Waals surface area (Å²) in [5.41, 5.74) is 13.2. The second kappa shape index (κ2) is 4.33. The molecule has 100 valence electrons. The van der Waals surface area contributed by atoms with E-state index >= 15 is 0 Å². The predicted molar refractivity (Wildman–Crippen MR) is 73.2 cm³/mol. The molecule has 1 aliphatic carbocycles. The van der Waals surface area contributed by atoms with Gasteiger partial charge in [0.25, 0.3) is 0 Å². The zero-order valence-electron chi connectivity index (χ0n) is 10.8. The minimum atomic E-state index is -3.17. The molecular weight excluding hydrogens is 248 g/mol. The van der Waals surface area contributed by atoms with Crippen molar-refractivity contribution >= 4 is 9.84 Å². The molecule has 3 atom stereocenters. The molecule has 4 nitrogen and oxygen atoms in total. The maximum Gasteiger partial charge on any atom is 0.152 e. The molecule has 1 aromatic rings. The van der Waals surface area contributed by atoms with Gasteiger partial charge in [-0.15, -0.1) is 0 Å². The molecule has 1 fully saturated rings. The molecule has 5 heteroatoms. The van der Waals surface area contributed by atoms with Gasteiger partial charge in [0.15, 0.2) is 9.84 Å². The molecule has 18 heavy (non-hydrogen) atoms. The van der Waals surface area contributed by atoms with E-state index in [9.17, 15) is 8.42 Å². The average molecular weight is 268 g/mol. The van der Waals surface area contributed by atoms with Crippen molar-refractivity contribution in [3.05, 3.63) is 35.4 Å². The SMILES string of the molecule is CCc1ccc([C@@H]2[C@@H](S(C)(=O)=O)[C@@]2(N)CN)cc1. The second-order valence-electron chi connectivity index (χ2n) is 5.14. The Morgan fingerprint density at radius 3 is 2.17 bits per heavy atom. The lowest BCUT2D eigenvalue weighted by Gasteiger charge is -2.07. The van der Waals surface area contributed by atoms with E-state index in [2.05, 4.69) is 6.92 Å². The third kappa shape index (κ3) is 2.06. The summed E-state index contributed by atoms with van der Waals surface area (Å²) < 4.78 is 23.5. The number of benzene rings is 1. The van der Waals surface area contributed by atoms with E-state index in [0.717, 1.165) is 12.0 Å². The zero-order valence-corrected chi connectivity index (χ0v) is 11.6. The van der Waals surface area contributed by atoms with Crippen molar-refractivity contribution in [1.82, 2.24) is 0 Å². The van der Waals surface area contributed by atoms with Crippen molar-refractivity contribution in [2.45, 2.75) is 30.1 Å². The van der Waals surface area contributed by atoms with Crippen LogP contribution in [-0.4, -0.2) is 32.0 Å². The van der Waals surface area contributed by atoms with Crippen molar-refractivity contribution in [2.75, 3.05) is 12.8 Å². The molecular formula is C13H20N2O2S. The van der Waals surface area contributed by atoms with Crippen LogP contribution in [0.25, 0.3) is 0 Å². The van der Waals surface area contributed by atoms with Gasteiger partial charge in [0.1, 0.15) is 0 Å². The topological polar surface area (TPSA) is 86.2 Å². The number of rotatable bonds is 4. The van der Waals surface area contributed by atoms with Gasteiger partial charge in [-0.2, -0.15) is 0 Å². The van der Waals surface area contributed by atoms with Crippen LogP contribution in [0.2, 0.25) is 0 Å². The van der Waals surface area contributed by atoms with Crippen molar-refractivity contribution < 1.29 is 8.42 Å². The smallest absolute Gasteiger partial charge is 0.152 e. The van der Waals surface area contributed by atoms with E-state index in [-0.39, 0.29) is 12.5 Å². The molecule has 0 bridgehead atoms. The molecule has 0 radical (unpaired) electrons. The molecule has 1 saturated carbocycles. The van der Waals surface area contributed by atoms with Crippen LogP contribution in [0.5, 0.6) is 0 Å². The number of nitrogens with two attached hydrogens (primary N) is 2. The predicted octanol–water partition coefficient (Wildman–Crippen LogP) is 0.416. The summed E-state index contributed by atoms with van der Waals surface area (Å²) in [5.74, 6) is -0.177. The fourth-order valence-electron chi connectivity index (χ4n) is 2.76. The Hall–Kier alpha value is -0.910. The van der Waals surface area contributed by atoms with Crippen LogP contribution in [0.3, 0.4) is 0 Å². The Balaban J connectivity index is 2.33. The third-order valence-corrected chi connectivity index (χ3v) is 5.50. The van der Waals surface area contributed by atoms with Gasteiger partial charge in [-0.3, -0.25) is 0 Å². The van der Waals surface area contributed by atoms with Gasteiger partial charge < -0.3 is 11.5 Å². The molecule has 1 aromatic carbocycles. The minimum Gasteiger partial charge on any atom is -0.329 e. The van der Waals surface area contributed by atoms with Crippen LogP contribution in [0.1, 0.15) is 24.0 Å². The first kappa shape index (κ1) is 13.5. The monoisotopic (exact) mass is 268 g/mol. The summed E-state index contributed by atoms with van der Waals surface area (Å²) in [6.07, 6.45) is 2.19. The molecule has 0 saturated heterocycles. The quantitative estimate of drug-likeness (QED) is 0.828. The summed E-state index contributed by atoms with van der Waals surface area (Å²) in [6.45, 7) is 2.27. The van der Waals surface area contributed by atoms with Crippen LogP contribution in [0.4, 0.5) is 0 Å². The number of aryl methyl sites for hydroxylation is 1. The van der Waals surface area contributed by atoms with Gasteiger partial charge in [-0.05, 0) is 17.5 Å². The van der Waals surface area contributed by atoms with Gasteiger partial charge in [0.2, 0.25) is 0 Å². The Morgan fingerprint density at radius 1 is 1.28 bits per heavy atom. The Labute approximate surface area is 108 Å². The van der Waals surface area contributed by atoms with Gasteiger partial charge >= 0.3 is 0 Å². The lowest BCUT2D eigenvalue weighted by atomic mass is 10.0. The Morgan fingerprint density at radius 2 is 1.83 bits per heavy atom. The molecule has 0 spiro atoms. The van der Waals surface area contributed by atoms with Crippen LogP contribution >= 0.6 is 0 Å². The first-order valence-electron chi connectivity index (χ1n) is 6.11.